The first-order valence-electron chi connectivity index (χ1n) is 18.5. The van der Waals surface area contributed by atoms with E-state index in [0.717, 1.165) is 16.7 Å². The Morgan fingerprint density at radius 3 is 2.50 bits per heavy atom. The number of carboxylic acids is 1. The van der Waals surface area contributed by atoms with Gasteiger partial charge in [0.15, 0.2) is 29.6 Å². The first-order chi connectivity index (χ1) is 27.2. The van der Waals surface area contributed by atoms with E-state index in [2.05, 4.69) is 0 Å². The summed E-state index contributed by atoms with van der Waals surface area (Å²) in [6.45, 7) is 0.356. The van der Waals surface area contributed by atoms with Gasteiger partial charge in [-0.25, -0.2) is 0 Å². The van der Waals surface area contributed by atoms with Gasteiger partial charge >= 0.3 is 11.9 Å². The Hall–Kier alpha value is -4.88. The summed E-state index contributed by atoms with van der Waals surface area (Å²) >= 11 is 0. The molecule has 0 radical (unpaired) electrons. The minimum absolute atomic E-state index is 0.000463. The molecule has 0 aromatic heterocycles. The molecule has 3 aromatic rings. The maximum Gasteiger partial charge on any atom is 0.317 e. The number of aliphatic carboxylic acids is 1. The van der Waals surface area contributed by atoms with Gasteiger partial charge in [0.05, 0.1) is 25.2 Å². The van der Waals surface area contributed by atoms with E-state index < -0.39 is 67.4 Å². The molecule has 5 heterocycles. The Balaban J connectivity index is 1.09. The molecule has 0 saturated carbocycles. The highest BCUT2D eigenvalue weighted by Crippen LogP contribution is 2.55. The summed E-state index contributed by atoms with van der Waals surface area (Å²) in [5, 5.41) is 40.6. The Morgan fingerprint density at radius 2 is 1.73 bits per heavy atom. The number of phenolic OH excluding ortho intramolecular Hbond substituents is 1. The summed E-state index contributed by atoms with van der Waals surface area (Å²) in [6, 6.07) is 14.0. The van der Waals surface area contributed by atoms with Crippen molar-refractivity contribution in [3.05, 3.63) is 70.8 Å². The standard InChI is InChI=1S/C39H43NO16/c40-8-10-47-39-38(33(46)37-36(54-39)27(52-32(45)16-31(43)44)6-5-22(51-37)7-9-41)56-55-23-12-20(11-19-1-3-21(42)4-2-19)34-25(13-23)35-26(17-48-34)24-14-29-30(50-18-49-29)15-28(24)53-35/h1-4,12-15,22,26-27,33,35-39,41-42,46H,5-11,16-18,40H2,(H,43,44)/t22-,26-,27+,33+,35-,36-,37+,38-,39-/m1/s1. The highest BCUT2D eigenvalue weighted by Gasteiger charge is 2.54. The third-order valence-corrected chi connectivity index (χ3v) is 10.5. The van der Waals surface area contributed by atoms with Crippen molar-refractivity contribution in [2.24, 2.45) is 5.73 Å². The Labute approximate surface area is 320 Å². The molecule has 6 N–H and O–H groups in total. The molecule has 0 aliphatic carbocycles. The van der Waals surface area contributed by atoms with E-state index in [0.29, 0.717) is 48.0 Å². The number of aliphatic hydroxyl groups is 2. The number of hydrogen-bond donors (Lipinski definition) is 5. The molecule has 0 spiro atoms. The summed E-state index contributed by atoms with van der Waals surface area (Å²) < 4.78 is 48.1. The van der Waals surface area contributed by atoms with Crippen LogP contribution in [-0.4, -0.2) is 108 Å². The fourth-order valence-corrected chi connectivity index (χ4v) is 7.89. The van der Waals surface area contributed by atoms with E-state index in [1.807, 2.05) is 12.1 Å². The largest absolute Gasteiger partial charge is 0.508 e. The minimum Gasteiger partial charge on any atom is -0.508 e. The topological polar surface area (TPSA) is 233 Å². The summed E-state index contributed by atoms with van der Waals surface area (Å²) in [7, 11) is 0. The molecule has 0 bridgehead atoms. The average Bonchev–Trinajstić information content (AvgIpc) is 3.75. The zero-order valence-electron chi connectivity index (χ0n) is 30.2. The molecule has 8 rings (SSSR count). The molecule has 9 atom stereocenters. The molecule has 300 valence electrons. The number of aromatic hydroxyl groups is 1. The summed E-state index contributed by atoms with van der Waals surface area (Å²) in [5.74, 6) is 0.322. The number of aliphatic hydroxyl groups excluding tert-OH is 2. The van der Waals surface area contributed by atoms with Crippen molar-refractivity contribution in [1.29, 1.82) is 0 Å². The van der Waals surface area contributed by atoms with E-state index in [9.17, 15) is 24.9 Å². The second kappa shape index (κ2) is 16.3. The zero-order chi connectivity index (χ0) is 38.9. The number of fused-ring (bicyclic) bond motifs is 7. The maximum atomic E-state index is 12.5. The molecular weight excluding hydrogens is 738 g/mol. The van der Waals surface area contributed by atoms with Gasteiger partial charge < -0.3 is 68.9 Å². The van der Waals surface area contributed by atoms with Crippen LogP contribution in [0.4, 0.5) is 0 Å². The monoisotopic (exact) mass is 781 g/mol. The Bertz CT molecular complexity index is 1910. The molecule has 2 saturated heterocycles. The number of carbonyl (C=O) groups is 2. The van der Waals surface area contributed by atoms with Gasteiger partial charge in [0.2, 0.25) is 6.79 Å². The van der Waals surface area contributed by atoms with Gasteiger partial charge in [-0.15, -0.1) is 0 Å². The quantitative estimate of drug-likeness (QED) is 0.0725. The van der Waals surface area contributed by atoms with Crippen LogP contribution in [0.5, 0.6) is 34.5 Å². The third-order valence-electron chi connectivity index (χ3n) is 10.5. The predicted octanol–water partition coefficient (Wildman–Crippen LogP) is 2.38. The van der Waals surface area contributed by atoms with Gasteiger partial charge in [0.1, 0.15) is 54.2 Å². The fraction of sp³-hybridized carbons (Fsp3) is 0.487. The first kappa shape index (κ1) is 38.0. The molecule has 0 amide bonds. The third kappa shape index (κ3) is 7.75. The number of benzene rings is 3. The normalized spacial score (nSPS) is 28.4. The van der Waals surface area contributed by atoms with Crippen molar-refractivity contribution in [3.63, 3.8) is 0 Å². The van der Waals surface area contributed by atoms with Gasteiger partial charge in [-0.3, -0.25) is 9.59 Å². The number of carboxylic acid groups (broad SMARTS) is 1. The predicted molar refractivity (Wildman–Crippen MR) is 188 cm³/mol. The molecule has 17 heteroatoms. The molecule has 56 heavy (non-hydrogen) atoms. The van der Waals surface area contributed by atoms with Crippen molar-refractivity contribution in [2.75, 3.05) is 33.2 Å². The van der Waals surface area contributed by atoms with Gasteiger partial charge in [0.25, 0.3) is 0 Å². The lowest BCUT2D eigenvalue weighted by Gasteiger charge is -2.44. The summed E-state index contributed by atoms with van der Waals surface area (Å²) in [6.07, 6.45) is -8.14. The van der Waals surface area contributed by atoms with E-state index >= 15 is 0 Å². The zero-order valence-corrected chi connectivity index (χ0v) is 30.2. The van der Waals surface area contributed by atoms with Crippen molar-refractivity contribution in [1.82, 2.24) is 0 Å². The lowest BCUT2D eigenvalue weighted by atomic mass is 9.87. The van der Waals surface area contributed by atoms with Crippen LogP contribution in [0.2, 0.25) is 0 Å². The van der Waals surface area contributed by atoms with Gasteiger partial charge in [-0.1, -0.05) is 12.1 Å². The van der Waals surface area contributed by atoms with Gasteiger partial charge in [0, 0.05) is 42.3 Å². The molecule has 3 aromatic carbocycles. The Morgan fingerprint density at radius 1 is 0.929 bits per heavy atom. The molecule has 0 unspecified atom stereocenters. The van der Waals surface area contributed by atoms with Crippen molar-refractivity contribution in [3.8, 4) is 34.5 Å². The minimum atomic E-state index is -1.49. The fourth-order valence-electron chi connectivity index (χ4n) is 7.89. The second-order valence-corrected chi connectivity index (χ2v) is 14.2. The molecule has 17 nitrogen and oxygen atoms in total. The number of esters is 1. The molecule has 5 aliphatic rings. The second-order valence-electron chi connectivity index (χ2n) is 14.2. The van der Waals surface area contributed by atoms with Gasteiger partial charge in [-0.05, 0) is 55.2 Å². The van der Waals surface area contributed by atoms with Crippen LogP contribution in [0.25, 0.3) is 0 Å². The summed E-state index contributed by atoms with van der Waals surface area (Å²) in [5.41, 5.74) is 8.98. The van der Waals surface area contributed by atoms with Crippen molar-refractivity contribution in [2.45, 2.75) is 87.0 Å². The molecule has 2 fully saturated rings. The van der Waals surface area contributed by atoms with Crippen molar-refractivity contribution >= 4 is 11.9 Å². The van der Waals surface area contributed by atoms with Crippen LogP contribution in [0.3, 0.4) is 0 Å². The van der Waals surface area contributed by atoms with E-state index in [-0.39, 0.29) is 56.8 Å². The number of phenols is 1. The smallest absolute Gasteiger partial charge is 0.317 e. The van der Waals surface area contributed by atoms with Crippen LogP contribution < -0.4 is 29.6 Å². The van der Waals surface area contributed by atoms with Crippen LogP contribution in [0.1, 0.15) is 60.0 Å². The maximum absolute atomic E-state index is 12.5. The first-order valence-corrected chi connectivity index (χ1v) is 18.5. The van der Waals surface area contributed by atoms with E-state index in [4.69, 9.17) is 58.5 Å². The van der Waals surface area contributed by atoms with Crippen LogP contribution in [-0.2, 0) is 39.8 Å². The number of hydrogen-bond acceptors (Lipinski definition) is 16. The number of ether oxygens (including phenoxy) is 8. The summed E-state index contributed by atoms with van der Waals surface area (Å²) in [4.78, 5) is 35.7. The number of rotatable bonds is 13. The van der Waals surface area contributed by atoms with Crippen LogP contribution >= 0.6 is 0 Å². The van der Waals surface area contributed by atoms with Gasteiger partial charge in [-0.2, -0.15) is 4.89 Å². The number of nitrogens with two attached hydrogens (primary N) is 1. The van der Waals surface area contributed by atoms with E-state index in [1.54, 1.807) is 36.4 Å². The highest BCUT2D eigenvalue weighted by molar-refractivity contribution is 5.90. The number of carbonyl (C=O) groups excluding carboxylic acids is 1. The lowest BCUT2D eigenvalue weighted by molar-refractivity contribution is -0.379. The Kier molecular flexibility index (Phi) is 11.1. The SMILES string of the molecule is NCCO[C@@H]1O[C@H]2[C@@H](O[C@@H](CCO)CC[C@@H]2OC(=O)CC(=O)O)[C@H](O)[C@H]1OOc1cc(Cc2ccc(O)cc2)c2c(c1)[C@H]1Oc3cc4c(cc3[C@H]1CO2)OCO4. The van der Waals surface area contributed by atoms with E-state index in [1.165, 1.54) is 0 Å². The highest BCUT2D eigenvalue weighted by atomic mass is 17.2. The van der Waals surface area contributed by atoms with Crippen molar-refractivity contribution < 1.29 is 77.7 Å². The molecular formula is C39H43NO16. The average molecular weight is 782 g/mol. The van der Waals surface area contributed by atoms with Crippen LogP contribution in [0, 0.1) is 0 Å². The molecule has 5 aliphatic heterocycles. The van der Waals surface area contributed by atoms with Crippen LogP contribution in [0.15, 0.2) is 48.5 Å². The lowest BCUT2D eigenvalue weighted by Crippen LogP contribution is -2.63.